The van der Waals surface area contributed by atoms with Crippen LogP contribution in [0.2, 0.25) is 0 Å². The highest BCUT2D eigenvalue weighted by Gasteiger charge is 2.24. The number of nitrogens with one attached hydrogen (secondary N) is 2. The van der Waals surface area contributed by atoms with Gasteiger partial charge in [-0.2, -0.15) is 0 Å². The maximum atomic E-state index is 13.5. The predicted molar refractivity (Wildman–Crippen MR) is 98.5 cm³/mol. The molecule has 0 saturated heterocycles. The second kappa shape index (κ2) is 7.04. The molecule has 0 amide bonds. The fourth-order valence-electron chi connectivity index (χ4n) is 2.82. The lowest BCUT2D eigenvalue weighted by atomic mass is 10.1. The largest absolute Gasteiger partial charge is 0.354 e. The molecule has 1 atom stereocenters. The first-order valence-electron chi connectivity index (χ1n) is 8.24. The van der Waals surface area contributed by atoms with Crippen LogP contribution in [0.15, 0.2) is 69.8 Å². The number of rotatable bonds is 5. The SMILES string of the molecule is O=S(=O)(NC1=CC=CC(F)C1)c1ccc(Nc2cccc(F)c2)c2nonc12. The Labute approximate surface area is 158 Å². The Hall–Kier alpha value is -3.27. The number of fused-ring (bicyclic) bond motifs is 1. The van der Waals surface area contributed by atoms with E-state index in [2.05, 4.69) is 20.4 Å². The molecular weight excluding hydrogens is 390 g/mol. The number of nitrogens with zero attached hydrogens (tertiary/aromatic N) is 2. The molecule has 10 heteroatoms. The molecule has 0 aliphatic heterocycles. The summed E-state index contributed by atoms with van der Waals surface area (Å²) in [5, 5.41) is 10.4. The predicted octanol–water partition coefficient (Wildman–Crippen LogP) is 3.57. The first-order chi connectivity index (χ1) is 13.4. The Bertz CT molecular complexity index is 1200. The number of sulfonamides is 1. The highest BCUT2D eigenvalue weighted by Crippen LogP contribution is 2.30. The molecule has 0 fully saturated rings. The summed E-state index contributed by atoms with van der Waals surface area (Å²) in [5.74, 6) is -0.427. The molecule has 2 N–H and O–H groups in total. The van der Waals surface area contributed by atoms with Gasteiger partial charge in [0.05, 0.1) is 5.69 Å². The van der Waals surface area contributed by atoms with Crippen molar-refractivity contribution < 1.29 is 21.8 Å². The van der Waals surface area contributed by atoms with Crippen LogP contribution in [0.5, 0.6) is 0 Å². The molecule has 1 unspecified atom stereocenters. The van der Waals surface area contributed by atoms with E-state index in [1.165, 1.54) is 48.6 Å². The van der Waals surface area contributed by atoms with Gasteiger partial charge in [0.2, 0.25) is 0 Å². The zero-order chi connectivity index (χ0) is 19.7. The van der Waals surface area contributed by atoms with Crippen LogP contribution in [0.25, 0.3) is 11.0 Å². The minimum Gasteiger partial charge on any atom is -0.354 e. The number of allylic oxidation sites excluding steroid dienone is 4. The molecule has 144 valence electrons. The average Bonchev–Trinajstić information content (AvgIpc) is 3.11. The Morgan fingerprint density at radius 2 is 1.96 bits per heavy atom. The van der Waals surface area contributed by atoms with Crippen molar-refractivity contribution in [1.29, 1.82) is 0 Å². The van der Waals surface area contributed by atoms with Crippen molar-refractivity contribution in [2.24, 2.45) is 0 Å². The van der Waals surface area contributed by atoms with Gasteiger partial charge in [-0.15, -0.1) is 0 Å². The standard InChI is InChI=1S/C18H14F2N4O3S/c19-11-3-1-5-13(9-11)21-15-7-8-16(18-17(15)22-27-23-18)28(25,26)24-14-6-2-4-12(20)10-14/h1-9,12,21,24H,10H2. The molecule has 4 rings (SSSR count). The fraction of sp³-hybridized carbons (Fsp3) is 0.111. The van der Waals surface area contributed by atoms with E-state index in [1.54, 1.807) is 6.07 Å². The minimum absolute atomic E-state index is 0.00217. The van der Waals surface area contributed by atoms with Crippen LogP contribution in [0.3, 0.4) is 0 Å². The molecule has 0 radical (unpaired) electrons. The van der Waals surface area contributed by atoms with Gasteiger partial charge in [0.15, 0.2) is 11.0 Å². The smallest absolute Gasteiger partial charge is 0.264 e. The number of anilines is 2. The van der Waals surface area contributed by atoms with E-state index < -0.39 is 22.0 Å². The lowest BCUT2D eigenvalue weighted by Crippen LogP contribution is -2.25. The molecule has 1 aliphatic carbocycles. The summed E-state index contributed by atoms with van der Waals surface area (Å²) in [6, 6.07) is 8.55. The van der Waals surface area contributed by atoms with Crippen molar-refractivity contribution in [2.45, 2.75) is 17.5 Å². The summed E-state index contributed by atoms with van der Waals surface area (Å²) < 4.78 is 59.4. The summed E-state index contributed by atoms with van der Waals surface area (Å²) in [6.07, 6.45) is 2.95. The molecule has 28 heavy (non-hydrogen) atoms. The number of halogens is 2. The zero-order valence-electron chi connectivity index (χ0n) is 14.3. The van der Waals surface area contributed by atoms with Gasteiger partial charge < -0.3 is 5.32 Å². The molecule has 0 spiro atoms. The van der Waals surface area contributed by atoms with Gasteiger partial charge in [-0.1, -0.05) is 18.2 Å². The van der Waals surface area contributed by atoms with Gasteiger partial charge in [0.25, 0.3) is 10.0 Å². The summed E-state index contributed by atoms with van der Waals surface area (Å²) in [6.45, 7) is 0. The number of aromatic nitrogens is 2. The molecule has 0 saturated carbocycles. The quantitative estimate of drug-likeness (QED) is 0.675. The van der Waals surface area contributed by atoms with Crippen LogP contribution in [-0.4, -0.2) is 24.9 Å². The molecule has 3 aromatic rings. The first kappa shape index (κ1) is 18.1. The van der Waals surface area contributed by atoms with Crippen molar-refractivity contribution in [2.75, 3.05) is 5.32 Å². The molecule has 1 aliphatic rings. The minimum atomic E-state index is -4.05. The van der Waals surface area contributed by atoms with Crippen LogP contribution < -0.4 is 10.0 Å². The van der Waals surface area contributed by atoms with Crippen LogP contribution in [0.1, 0.15) is 6.42 Å². The molecule has 2 aromatic carbocycles. The first-order valence-corrected chi connectivity index (χ1v) is 9.73. The van der Waals surface area contributed by atoms with E-state index in [-0.39, 0.29) is 28.0 Å². The van der Waals surface area contributed by atoms with E-state index in [1.807, 2.05) is 0 Å². The molecular formula is C18H14F2N4O3S. The van der Waals surface area contributed by atoms with Gasteiger partial charge in [-0.3, -0.25) is 4.72 Å². The second-order valence-corrected chi connectivity index (χ2v) is 7.76. The number of hydrogen-bond acceptors (Lipinski definition) is 6. The van der Waals surface area contributed by atoms with E-state index in [4.69, 9.17) is 4.63 Å². The van der Waals surface area contributed by atoms with Crippen LogP contribution >= 0.6 is 0 Å². The summed E-state index contributed by atoms with van der Waals surface area (Å²) >= 11 is 0. The van der Waals surface area contributed by atoms with Crippen LogP contribution in [-0.2, 0) is 10.0 Å². The van der Waals surface area contributed by atoms with Gasteiger partial charge in [0.1, 0.15) is 16.9 Å². The zero-order valence-corrected chi connectivity index (χ0v) is 15.1. The van der Waals surface area contributed by atoms with E-state index in [0.29, 0.717) is 11.4 Å². The number of hydrogen-bond donors (Lipinski definition) is 2. The Balaban J connectivity index is 1.69. The Kier molecular flexibility index (Phi) is 4.55. The maximum absolute atomic E-state index is 13.5. The topological polar surface area (TPSA) is 97.1 Å². The molecule has 7 nitrogen and oxygen atoms in total. The fourth-order valence-corrected chi connectivity index (χ4v) is 4.07. The van der Waals surface area contributed by atoms with Gasteiger partial charge in [-0.25, -0.2) is 21.8 Å². The number of alkyl halides is 1. The third kappa shape index (κ3) is 3.58. The third-order valence-electron chi connectivity index (χ3n) is 4.07. The molecule has 1 heterocycles. The molecule has 0 bridgehead atoms. The van der Waals surface area contributed by atoms with Crippen molar-refractivity contribution in [1.82, 2.24) is 15.0 Å². The summed E-state index contributed by atoms with van der Waals surface area (Å²) in [4.78, 5) is -0.167. The Morgan fingerprint density at radius 1 is 1.14 bits per heavy atom. The van der Waals surface area contributed by atoms with Crippen molar-refractivity contribution in [3.05, 3.63) is 66.1 Å². The lowest BCUT2D eigenvalue weighted by Gasteiger charge is -2.15. The van der Waals surface area contributed by atoms with E-state index in [0.717, 1.165) is 0 Å². The van der Waals surface area contributed by atoms with Gasteiger partial charge in [0, 0.05) is 17.8 Å². The van der Waals surface area contributed by atoms with Crippen LogP contribution in [0, 0.1) is 5.82 Å². The normalized spacial score (nSPS) is 16.8. The number of benzene rings is 2. The maximum Gasteiger partial charge on any atom is 0.264 e. The third-order valence-corrected chi connectivity index (χ3v) is 5.51. The van der Waals surface area contributed by atoms with Crippen molar-refractivity contribution >= 4 is 32.4 Å². The Morgan fingerprint density at radius 3 is 2.75 bits per heavy atom. The van der Waals surface area contributed by atoms with E-state index in [9.17, 15) is 17.2 Å². The highest BCUT2D eigenvalue weighted by molar-refractivity contribution is 7.89. The highest BCUT2D eigenvalue weighted by atomic mass is 32.2. The second-order valence-electron chi connectivity index (χ2n) is 6.11. The lowest BCUT2D eigenvalue weighted by molar-refractivity contribution is 0.315. The summed E-state index contributed by atoms with van der Waals surface area (Å²) in [7, 11) is -4.05. The van der Waals surface area contributed by atoms with E-state index >= 15 is 0 Å². The average molecular weight is 404 g/mol. The van der Waals surface area contributed by atoms with Crippen molar-refractivity contribution in [3.8, 4) is 0 Å². The summed E-state index contributed by atoms with van der Waals surface area (Å²) in [5.41, 5.74) is 1.22. The van der Waals surface area contributed by atoms with Crippen LogP contribution in [0.4, 0.5) is 20.2 Å². The van der Waals surface area contributed by atoms with Crippen molar-refractivity contribution in [3.63, 3.8) is 0 Å². The molecule has 1 aromatic heterocycles. The van der Waals surface area contributed by atoms with Gasteiger partial charge >= 0.3 is 0 Å². The van der Waals surface area contributed by atoms with Gasteiger partial charge in [-0.05, 0) is 46.7 Å². The monoisotopic (exact) mass is 404 g/mol.